The molecule has 1 atom stereocenters. The Bertz CT molecular complexity index is 693. The Balaban J connectivity index is 1.74. The van der Waals surface area contributed by atoms with Crippen LogP contribution in [-0.2, 0) is 19.4 Å². The Morgan fingerprint density at radius 1 is 1.41 bits per heavy atom. The first-order chi connectivity index (χ1) is 10.5. The maximum absolute atomic E-state index is 12.5. The van der Waals surface area contributed by atoms with Crippen molar-refractivity contribution in [2.24, 2.45) is 5.92 Å². The Labute approximate surface area is 139 Å². The molecule has 1 heterocycles. The van der Waals surface area contributed by atoms with Gasteiger partial charge in [0.15, 0.2) is 0 Å². The van der Waals surface area contributed by atoms with Crippen molar-refractivity contribution in [2.45, 2.75) is 32.7 Å². The minimum Gasteiger partial charge on any atom is -0.390 e. The van der Waals surface area contributed by atoms with Gasteiger partial charge < -0.3 is 11.1 Å². The molecule has 0 bridgehead atoms. The summed E-state index contributed by atoms with van der Waals surface area (Å²) in [5, 5.41) is 4.31. The highest BCUT2D eigenvalue weighted by Crippen LogP contribution is 2.37. The smallest absolute Gasteiger partial charge is 0.254 e. The molecule has 3 rings (SSSR count). The zero-order valence-electron chi connectivity index (χ0n) is 12.5. The van der Waals surface area contributed by atoms with Crippen LogP contribution in [0.3, 0.4) is 0 Å². The average Bonchev–Trinajstić information content (AvgIpc) is 2.81. The van der Waals surface area contributed by atoms with Gasteiger partial charge in [0.25, 0.3) is 5.91 Å². The van der Waals surface area contributed by atoms with Gasteiger partial charge in [0, 0.05) is 16.4 Å². The van der Waals surface area contributed by atoms with Crippen LogP contribution in [0.4, 0.5) is 5.00 Å². The van der Waals surface area contributed by atoms with E-state index >= 15 is 0 Å². The lowest BCUT2D eigenvalue weighted by Crippen LogP contribution is -2.25. The van der Waals surface area contributed by atoms with Crippen LogP contribution in [0.25, 0.3) is 0 Å². The van der Waals surface area contributed by atoms with E-state index in [1.54, 1.807) is 11.3 Å². The van der Waals surface area contributed by atoms with Gasteiger partial charge in [0.2, 0.25) is 0 Å². The first kappa shape index (κ1) is 15.4. The lowest BCUT2D eigenvalue weighted by atomic mass is 9.88. The number of carbonyl (C=O) groups is 1. The van der Waals surface area contributed by atoms with Crippen LogP contribution in [0.5, 0.6) is 0 Å². The number of anilines is 1. The molecule has 1 aliphatic carbocycles. The highest BCUT2D eigenvalue weighted by Gasteiger charge is 2.26. The number of amides is 1. The monoisotopic (exact) mass is 334 g/mol. The summed E-state index contributed by atoms with van der Waals surface area (Å²) < 4.78 is 0. The minimum atomic E-state index is -0.0699. The highest BCUT2D eigenvalue weighted by atomic mass is 35.5. The number of rotatable bonds is 3. The van der Waals surface area contributed by atoms with E-state index in [-0.39, 0.29) is 5.91 Å². The summed E-state index contributed by atoms with van der Waals surface area (Å²) in [5.41, 5.74) is 8.98. The van der Waals surface area contributed by atoms with Crippen molar-refractivity contribution in [1.82, 2.24) is 5.32 Å². The summed E-state index contributed by atoms with van der Waals surface area (Å²) in [7, 11) is 0. The maximum atomic E-state index is 12.5. The number of fused-ring (bicyclic) bond motifs is 1. The van der Waals surface area contributed by atoms with Crippen LogP contribution in [0.2, 0.25) is 5.02 Å². The molecule has 1 unspecified atom stereocenters. The molecule has 5 heteroatoms. The second-order valence-corrected chi connectivity index (χ2v) is 7.47. The molecule has 3 N–H and O–H groups in total. The van der Waals surface area contributed by atoms with Gasteiger partial charge in [-0.3, -0.25) is 4.79 Å². The molecule has 1 aliphatic rings. The Morgan fingerprint density at radius 3 is 2.86 bits per heavy atom. The Hall–Kier alpha value is -1.52. The predicted octanol–water partition coefficient (Wildman–Crippen LogP) is 4.04. The first-order valence-corrected chi connectivity index (χ1v) is 8.66. The van der Waals surface area contributed by atoms with Gasteiger partial charge in [-0.25, -0.2) is 0 Å². The van der Waals surface area contributed by atoms with E-state index in [1.165, 1.54) is 4.88 Å². The zero-order chi connectivity index (χ0) is 15.7. The zero-order valence-corrected chi connectivity index (χ0v) is 14.1. The van der Waals surface area contributed by atoms with Crippen molar-refractivity contribution < 1.29 is 4.79 Å². The third kappa shape index (κ3) is 3.13. The van der Waals surface area contributed by atoms with Gasteiger partial charge in [-0.1, -0.05) is 30.7 Å². The van der Waals surface area contributed by atoms with Gasteiger partial charge in [0.1, 0.15) is 0 Å². The third-order valence-corrected chi connectivity index (χ3v) is 5.47. The quantitative estimate of drug-likeness (QED) is 0.890. The summed E-state index contributed by atoms with van der Waals surface area (Å²) >= 11 is 7.44. The number of benzene rings is 1. The third-order valence-electron chi connectivity index (χ3n) is 4.13. The van der Waals surface area contributed by atoms with Gasteiger partial charge in [-0.2, -0.15) is 0 Å². The molecule has 3 nitrogen and oxygen atoms in total. The summed E-state index contributed by atoms with van der Waals surface area (Å²) in [4.78, 5) is 13.8. The minimum absolute atomic E-state index is 0.0699. The molecule has 0 aliphatic heterocycles. The van der Waals surface area contributed by atoms with Gasteiger partial charge in [0.05, 0.1) is 10.6 Å². The Kier molecular flexibility index (Phi) is 4.41. The Morgan fingerprint density at radius 2 is 2.14 bits per heavy atom. The van der Waals surface area contributed by atoms with Crippen molar-refractivity contribution in [3.05, 3.63) is 50.9 Å². The average molecular weight is 335 g/mol. The summed E-state index contributed by atoms with van der Waals surface area (Å²) in [5.74, 6) is 0.607. The van der Waals surface area contributed by atoms with Crippen molar-refractivity contribution in [3.63, 3.8) is 0 Å². The van der Waals surface area contributed by atoms with Crippen molar-refractivity contribution in [2.75, 3.05) is 5.73 Å². The van der Waals surface area contributed by atoms with Crippen LogP contribution < -0.4 is 11.1 Å². The summed E-state index contributed by atoms with van der Waals surface area (Å²) in [6.07, 6.45) is 3.11. The number of nitrogens with one attached hydrogen (secondary N) is 1. The molecule has 0 saturated carbocycles. The number of hydrogen-bond acceptors (Lipinski definition) is 3. The van der Waals surface area contributed by atoms with Gasteiger partial charge in [-0.05, 0) is 48.4 Å². The molecule has 1 amide bonds. The molecule has 2 aromatic rings. The van der Waals surface area contributed by atoms with E-state index in [4.69, 9.17) is 17.3 Å². The highest BCUT2D eigenvalue weighted by molar-refractivity contribution is 7.16. The molecule has 0 radical (unpaired) electrons. The molecule has 1 aromatic heterocycles. The molecular formula is C17H19ClN2OS. The fourth-order valence-electron chi connectivity index (χ4n) is 2.89. The number of hydrogen-bond donors (Lipinski definition) is 2. The van der Waals surface area contributed by atoms with E-state index in [9.17, 15) is 4.79 Å². The van der Waals surface area contributed by atoms with Crippen LogP contribution in [0.1, 0.15) is 39.7 Å². The molecule has 1 aromatic carbocycles. The molecule has 22 heavy (non-hydrogen) atoms. The van der Waals surface area contributed by atoms with Crippen LogP contribution in [0, 0.1) is 5.92 Å². The maximum Gasteiger partial charge on any atom is 0.254 e. The summed E-state index contributed by atoms with van der Waals surface area (Å²) in [6, 6.07) is 7.48. The molecular weight excluding hydrogens is 316 g/mol. The predicted molar refractivity (Wildman–Crippen MR) is 92.5 cm³/mol. The topological polar surface area (TPSA) is 55.1 Å². The number of carbonyl (C=O) groups excluding carboxylic acids is 1. The largest absolute Gasteiger partial charge is 0.390 e. The standard InChI is InChI=1S/C17H19ClN2OS/c1-10-2-7-13-14(8-10)22-16(19)15(13)17(21)20-9-11-3-5-12(18)6-4-11/h3-6,10H,2,7-9,19H2,1H3,(H,20,21). The fraction of sp³-hybridized carbons (Fsp3) is 0.353. The number of thiophene rings is 1. The van der Waals surface area contributed by atoms with E-state index in [0.29, 0.717) is 28.0 Å². The molecule has 0 spiro atoms. The van der Waals surface area contributed by atoms with Crippen LogP contribution >= 0.6 is 22.9 Å². The van der Waals surface area contributed by atoms with Crippen LogP contribution in [0.15, 0.2) is 24.3 Å². The van der Waals surface area contributed by atoms with E-state index < -0.39 is 0 Å². The van der Waals surface area contributed by atoms with E-state index in [2.05, 4.69) is 12.2 Å². The van der Waals surface area contributed by atoms with Gasteiger partial charge in [-0.15, -0.1) is 11.3 Å². The van der Waals surface area contributed by atoms with Crippen molar-refractivity contribution >= 4 is 33.8 Å². The molecule has 0 saturated heterocycles. The summed E-state index contributed by atoms with van der Waals surface area (Å²) in [6.45, 7) is 2.73. The first-order valence-electron chi connectivity index (χ1n) is 7.47. The second-order valence-electron chi connectivity index (χ2n) is 5.90. The lowest BCUT2D eigenvalue weighted by Gasteiger charge is -2.18. The van der Waals surface area contributed by atoms with Crippen molar-refractivity contribution in [1.29, 1.82) is 0 Å². The van der Waals surface area contributed by atoms with E-state index in [0.717, 1.165) is 30.4 Å². The number of halogens is 1. The van der Waals surface area contributed by atoms with Gasteiger partial charge >= 0.3 is 0 Å². The normalized spacial score (nSPS) is 17.1. The van der Waals surface area contributed by atoms with Crippen molar-refractivity contribution in [3.8, 4) is 0 Å². The fourth-order valence-corrected chi connectivity index (χ4v) is 4.30. The molecule has 0 fully saturated rings. The molecule has 116 valence electrons. The van der Waals surface area contributed by atoms with Crippen LogP contribution in [-0.4, -0.2) is 5.91 Å². The SMILES string of the molecule is CC1CCc2c(sc(N)c2C(=O)NCc2ccc(Cl)cc2)C1. The number of nitrogen functional groups attached to an aromatic ring is 1. The van der Waals surface area contributed by atoms with E-state index in [1.807, 2.05) is 24.3 Å². The number of nitrogens with two attached hydrogens (primary N) is 1. The lowest BCUT2D eigenvalue weighted by molar-refractivity contribution is 0.0951. The second kappa shape index (κ2) is 6.31.